The van der Waals surface area contributed by atoms with E-state index in [-0.39, 0.29) is 70.1 Å². The number of carbonyl (C=O) groups is 1. The Morgan fingerprint density at radius 2 is 1.93 bits per heavy atom. The molecule has 0 unspecified atom stereocenters. The quantitative estimate of drug-likeness (QED) is 0.287. The lowest BCUT2D eigenvalue weighted by Crippen LogP contribution is -2.48. The van der Waals surface area contributed by atoms with Crippen LogP contribution in [-0.2, 0) is 25.7 Å². The molecule has 1 amide bonds. The third kappa shape index (κ3) is 4.08. The second-order valence-electron chi connectivity index (χ2n) is 12.0. The first-order valence-corrected chi connectivity index (χ1v) is 14.4. The SMILES string of the molecule is Cl.Cn1cc2c(n1)COc1c-2cc(C(N)=O)c(-c2c(Cl)c(F)cc3c2C[C@](c2ccccc2)([C@@H]2CC4(CC4)CN2)O3)c1F. The summed E-state index contributed by atoms with van der Waals surface area (Å²) in [4.78, 5) is 12.9. The molecule has 0 radical (unpaired) electrons. The predicted octanol–water partition coefficient (Wildman–Crippen LogP) is 6.07. The van der Waals surface area contributed by atoms with E-state index in [1.165, 1.54) is 12.1 Å². The lowest BCUT2D eigenvalue weighted by Gasteiger charge is -2.35. The molecule has 1 aliphatic carbocycles. The van der Waals surface area contributed by atoms with Gasteiger partial charge in [0.25, 0.3) is 0 Å². The Morgan fingerprint density at radius 1 is 1.16 bits per heavy atom. The third-order valence-electron chi connectivity index (χ3n) is 9.45. The van der Waals surface area contributed by atoms with Crippen molar-refractivity contribution in [3.63, 3.8) is 0 Å². The van der Waals surface area contributed by atoms with Crippen LogP contribution < -0.4 is 20.5 Å². The van der Waals surface area contributed by atoms with Crippen LogP contribution in [0.2, 0.25) is 5.02 Å². The van der Waals surface area contributed by atoms with Gasteiger partial charge >= 0.3 is 0 Å². The summed E-state index contributed by atoms with van der Waals surface area (Å²) < 4.78 is 46.4. The highest BCUT2D eigenvalue weighted by Crippen LogP contribution is 2.58. The van der Waals surface area contributed by atoms with E-state index < -0.39 is 23.1 Å². The standard InChI is InChI=1S/C32H27ClF2N4O3.ClH/c1-39-13-20-17-9-18(30(36)40)26(28(35)29(17)41-14-22(20)38-39)25-19-11-32(16-5-3-2-4-6-16,24-12-31(7-8-31)15-37-24)42-23(19)10-21(34)27(25)33;/h2-6,9-10,13,24,37H,7-8,11-12,14-15H2,1H3,(H2,36,40);1H/t24-,32-;/m0./s1. The third-order valence-corrected chi connectivity index (χ3v) is 9.82. The van der Waals surface area contributed by atoms with E-state index in [0.717, 1.165) is 31.4 Å². The van der Waals surface area contributed by atoms with Crippen molar-refractivity contribution >= 4 is 29.9 Å². The molecule has 8 rings (SSSR count). The van der Waals surface area contributed by atoms with Crippen molar-refractivity contribution in [1.29, 1.82) is 0 Å². The Morgan fingerprint density at radius 3 is 2.63 bits per heavy atom. The number of benzene rings is 3. The zero-order valence-electron chi connectivity index (χ0n) is 23.2. The molecule has 11 heteroatoms. The summed E-state index contributed by atoms with van der Waals surface area (Å²) in [6.45, 7) is 0.923. The molecular weight excluding hydrogens is 597 g/mol. The van der Waals surface area contributed by atoms with Crippen LogP contribution in [0.3, 0.4) is 0 Å². The van der Waals surface area contributed by atoms with E-state index in [0.29, 0.717) is 22.4 Å². The number of aromatic nitrogens is 2. The minimum absolute atomic E-state index is 0. The van der Waals surface area contributed by atoms with Crippen molar-refractivity contribution in [3.8, 4) is 33.8 Å². The van der Waals surface area contributed by atoms with Crippen LogP contribution in [0.4, 0.5) is 8.78 Å². The monoisotopic (exact) mass is 624 g/mol. The number of hydrogen-bond acceptors (Lipinski definition) is 5. The number of ether oxygens (including phenoxy) is 2. The van der Waals surface area contributed by atoms with Crippen LogP contribution in [-0.4, -0.2) is 28.3 Å². The van der Waals surface area contributed by atoms with Crippen molar-refractivity contribution in [2.45, 2.75) is 43.9 Å². The van der Waals surface area contributed by atoms with E-state index in [4.69, 9.17) is 26.8 Å². The zero-order valence-corrected chi connectivity index (χ0v) is 24.7. The zero-order chi connectivity index (χ0) is 29.0. The van der Waals surface area contributed by atoms with Crippen LogP contribution >= 0.6 is 24.0 Å². The molecule has 0 bridgehead atoms. The highest BCUT2D eigenvalue weighted by Gasteiger charge is 2.58. The number of nitrogens with two attached hydrogens (primary N) is 1. The van der Waals surface area contributed by atoms with Gasteiger partial charge in [-0.3, -0.25) is 9.48 Å². The summed E-state index contributed by atoms with van der Waals surface area (Å²) >= 11 is 6.66. The molecule has 222 valence electrons. The molecule has 3 aromatic carbocycles. The molecule has 1 aromatic heterocycles. The predicted molar refractivity (Wildman–Crippen MR) is 160 cm³/mol. The maximum absolute atomic E-state index is 16.7. The summed E-state index contributed by atoms with van der Waals surface area (Å²) in [7, 11) is 1.75. The molecule has 4 heterocycles. The Balaban J connectivity index is 0.00000300. The number of amides is 1. The lowest BCUT2D eigenvalue weighted by molar-refractivity contribution is 0.0521. The van der Waals surface area contributed by atoms with E-state index >= 15 is 8.78 Å². The Bertz CT molecular complexity index is 1830. The van der Waals surface area contributed by atoms with Gasteiger partial charge in [0.2, 0.25) is 5.91 Å². The van der Waals surface area contributed by atoms with Gasteiger partial charge in [-0.05, 0) is 36.3 Å². The topological polar surface area (TPSA) is 91.4 Å². The van der Waals surface area contributed by atoms with Crippen LogP contribution in [0.5, 0.6) is 11.5 Å². The lowest BCUT2D eigenvalue weighted by atomic mass is 9.79. The molecule has 2 fully saturated rings. The molecule has 7 nitrogen and oxygen atoms in total. The summed E-state index contributed by atoms with van der Waals surface area (Å²) in [5, 5.41) is 7.74. The number of rotatable bonds is 4. The van der Waals surface area contributed by atoms with Crippen molar-refractivity contribution in [2.75, 3.05) is 6.54 Å². The van der Waals surface area contributed by atoms with Crippen molar-refractivity contribution < 1.29 is 23.0 Å². The summed E-state index contributed by atoms with van der Waals surface area (Å²) in [5.41, 5.74) is 7.97. The Labute approximate surface area is 257 Å². The van der Waals surface area contributed by atoms with Gasteiger partial charge in [-0.2, -0.15) is 5.10 Å². The van der Waals surface area contributed by atoms with Gasteiger partial charge in [0.1, 0.15) is 23.9 Å². The van der Waals surface area contributed by atoms with Gasteiger partial charge in [-0.15, -0.1) is 12.4 Å². The first-order valence-electron chi connectivity index (χ1n) is 14.0. The van der Waals surface area contributed by atoms with Crippen LogP contribution in [0.15, 0.2) is 48.7 Å². The van der Waals surface area contributed by atoms with Crippen molar-refractivity contribution in [2.24, 2.45) is 18.2 Å². The van der Waals surface area contributed by atoms with Gasteiger partial charge in [-0.25, -0.2) is 8.78 Å². The Kier molecular flexibility index (Phi) is 6.33. The first-order chi connectivity index (χ1) is 20.2. The van der Waals surface area contributed by atoms with Crippen LogP contribution in [0, 0.1) is 17.0 Å². The molecule has 1 saturated carbocycles. The average molecular weight is 626 g/mol. The highest BCUT2D eigenvalue weighted by molar-refractivity contribution is 6.34. The summed E-state index contributed by atoms with van der Waals surface area (Å²) in [6, 6.07) is 12.5. The van der Waals surface area contributed by atoms with E-state index in [1.807, 2.05) is 30.3 Å². The molecule has 3 N–H and O–H groups in total. The van der Waals surface area contributed by atoms with Crippen molar-refractivity contribution in [3.05, 3.63) is 87.7 Å². The minimum Gasteiger partial charge on any atom is -0.483 e. The fraction of sp³-hybridized carbons (Fsp3) is 0.312. The van der Waals surface area contributed by atoms with Gasteiger partial charge < -0.3 is 20.5 Å². The van der Waals surface area contributed by atoms with Crippen molar-refractivity contribution in [1.82, 2.24) is 15.1 Å². The molecule has 3 aliphatic heterocycles. The smallest absolute Gasteiger partial charge is 0.249 e. The number of halogens is 4. The fourth-order valence-corrected chi connectivity index (χ4v) is 7.43. The molecule has 43 heavy (non-hydrogen) atoms. The number of fused-ring (bicyclic) bond motifs is 4. The summed E-state index contributed by atoms with van der Waals surface area (Å²) in [6.07, 6.45) is 5.24. The molecule has 1 saturated heterocycles. The van der Waals surface area contributed by atoms with Gasteiger partial charge in [0.15, 0.2) is 17.2 Å². The minimum atomic E-state index is -0.889. The van der Waals surface area contributed by atoms with E-state index in [9.17, 15) is 4.79 Å². The second kappa shape index (κ2) is 9.67. The van der Waals surface area contributed by atoms with Crippen LogP contribution in [0.25, 0.3) is 22.3 Å². The molecule has 2 atom stereocenters. The molecular formula is C32H28Cl2F2N4O3. The second-order valence-corrected chi connectivity index (χ2v) is 12.4. The number of nitrogens with zero attached hydrogens (tertiary/aromatic N) is 2. The fourth-order valence-electron chi connectivity index (χ4n) is 7.16. The number of hydrogen-bond donors (Lipinski definition) is 2. The van der Waals surface area contributed by atoms with E-state index in [2.05, 4.69) is 10.4 Å². The highest BCUT2D eigenvalue weighted by atomic mass is 35.5. The maximum Gasteiger partial charge on any atom is 0.249 e. The normalized spacial score (nSPS) is 22.2. The average Bonchev–Trinajstić information content (AvgIpc) is 3.26. The Hall–Kier alpha value is -3.66. The number of carbonyl (C=O) groups excluding carboxylic acids is 1. The molecule has 1 spiro atoms. The maximum atomic E-state index is 16.7. The number of nitrogens with one attached hydrogen (secondary N) is 1. The largest absolute Gasteiger partial charge is 0.483 e. The van der Waals surface area contributed by atoms with E-state index in [1.54, 1.807) is 17.9 Å². The van der Waals surface area contributed by atoms with Crippen LogP contribution in [0.1, 0.15) is 46.4 Å². The number of primary amides is 1. The van der Waals surface area contributed by atoms with Gasteiger partial charge in [0.05, 0.1) is 16.6 Å². The first kappa shape index (κ1) is 28.1. The van der Waals surface area contributed by atoms with Gasteiger partial charge in [0, 0.05) is 60.1 Å². The van der Waals surface area contributed by atoms with Gasteiger partial charge in [-0.1, -0.05) is 41.9 Å². The summed E-state index contributed by atoms with van der Waals surface area (Å²) in [5.74, 6) is -2.30. The number of aryl methyl sites for hydroxylation is 1. The molecule has 4 aliphatic rings. The molecule has 4 aromatic rings.